The van der Waals surface area contributed by atoms with Crippen molar-refractivity contribution in [2.45, 2.75) is 50.9 Å². The second kappa shape index (κ2) is 15.1. The molecule has 6 rings (SSSR count). The van der Waals surface area contributed by atoms with Crippen molar-refractivity contribution in [1.82, 2.24) is 35.5 Å². The molecule has 13 heteroatoms. The fraction of sp³-hybridized carbons (Fsp3) is 0.400. The summed E-state index contributed by atoms with van der Waals surface area (Å²) in [7, 11) is 5.18. The molecule has 3 N–H and O–H groups in total. The number of benzene rings is 2. The monoisotopic (exact) mass is 691 g/mol. The third kappa shape index (κ3) is 7.55. The number of aliphatic hydroxyl groups excluding tert-OH is 1. The second-order valence-corrected chi connectivity index (χ2v) is 13.1. The van der Waals surface area contributed by atoms with Gasteiger partial charge in [-0.05, 0) is 32.2 Å². The number of aliphatic hydroxyl groups is 1. The van der Waals surface area contributed by atoms with Gasteiger partial charge in [-0.1, -0.05) is 59.6 Å². The predicted octanol–water partition coefficient (Wildman–Crippen LogP) is 5.16. The Kier molecular flexibility index (Phi) is 10.7. The Morgan fingerprint density at radius 2 is 1.48 bits per heavy atom. The number of hydrogen-bond acceptors (Lipinski definition) is 10. The molecular weight excluding hydrogens is 653 g/mol. The van der Waals surface area contributed by atoms with Crippen molar-refractivity contribution >= 4 is 29.1 Å². The van der Waals surface area contributed by atoms with E-state index in [-0.39, 0.29) is 18.1 Å². The Morgan fingerprint density at radius 1 is 0.917 bits per heavy atom. The van der Waals surface area contributed by atoms with Crippen LogP contribution in [-0.4, -0.2) is 82.4 Å². The van der Waals surface area contributed by atoms with Crippen LogP contribution in [0.5, 0.6) is 11.8 Å². The van der Waals surface area contributed by atoms with Gasteiger partial charge < -0.3 is 30.1 Å². The van der Waals surface area contributed by atoms with Crippen molar-refractivity contribution in [2.24, 2.45) is 5.92 Å². The molecule has 3 heterocycles. The van der Waals surface area contributed by atoms with Crippen LogP contribution in [0.4, 0.5) is 0 Å². The van der Waals surface area contributed by atoms with Crippen molar-refractivity contribution in [1.29, 1.82) is 0 Å². The number of nitrogens with zero attached hydrogens (tertiary/aromatic N) is 5. The predicted molar refractivity (Wildman–Crippen MR) is 185 cm³/mol. The lowest BCUT2D eigenvalue weighted by Gasteiger charge is -2.34. The first-order valence-electron chi connectivity index (χ1n) is 16.0. The summed E-state index contributed by atoms with van der Waals surface area (Å²) in [5, 5.41) is 16.9. The molecule has 1 atom stereocenters. The minimum absolute atomic E-state index is 0.0835. The van der Waals surface area contributed by atoms with Gasteiger partial charge in [0, 0.05) is 60.9 Å². The number of aromatic nitrogens is 4. The quantitative estimate of drug-likeness (QED) is 0.173. The van der Waals surface area contributed by atoms with Crippen molar-refractivity contribution in [3.05, 3.63) is 70.2 Å². The number of methoxy groups -OCH3 is 2. The SMILES string of the molecule is COc1nc(-c2cccc(-c3cccc(-c4cnc(CN(C)CC5CC(O)C5)c(OC)n4)c3Cl)c2Cl)cnc1CNC[C@@H]1CCC(=O)N1. The zero-order valence-electron chi connectivity index (χ0n) is 27.2. The van der Waals surface area contributed by atoms with E-state index in [9.17, 15) is 9.90 Å². The van der Waals surface area contributed by atoms with Gasteiger partial charge in [0.05, 0.1) is 54.2 Å². The van der Waals surface area contributed by atoms with Gasteiger partial charge in [0.1, 0.15) is 11.4 Å². The van der Waals surface area contributed by atoms with E-state index in [1.165, 1.54) is 0 Å². The minimum Gasteiger partial charge on any atom is -0.480 e. The highest BCUT2D eigenvalue weighted by Crippen LogP contribution is 2.42. The summed E-state index contributed by atoms with van der Waals surface area (Å²) in [6.07, 6.45) is 6.26. The molecule has 48 heavy (non-hydrogen) atoms. The van der Waals surface area contributed by atoms with Crippen molar-refractivity contribution < 1.29 is 19.4 Å². The Hall–Kier alpha value is -3.87. The van der Waals surface area contributed by atoms with Gasteiger partial charge in [0.15, 0.2) is 0 Å². The van der Waals surface area contributed by atoms with E-state index >= 15 is 0 Å². The number of carbonyl (C=O) groups excluding carboxylic acids is 1. The molecule has 0 radical (unpaired) electrons. The Balaban J connectivity index is 1.21. The van der Waals surface area contributed by atoms with Crippen LogP contribution in [0.2, 0.25) is 10.0 Å². The third-order valence-electron chi connectivity index (χ3n) is 8.82. The van der Waals surface area contributed by atoms with Crippen LogP contribution in [0.1, 0.15) is 37.1 Å². The lowest BCUT2D eigenvalue weighted by molar-refractivity contribution is -0.119. The minimum atomic E-state index is -0.175. The molecule has 2 aromatic heterocycles. The van der Waals surface area contributed by atoms with Gasteiger partial charge >= 0.3 is 0 Å². The number of halogens is 2. The number of carbonyl (C=O) groups is 1. The summed E-state index contributed by atoms with van der Waals surface area (Å²) in [4.78, 5) is 32.5. The average Bonchev–Trinajstić information content (AvgIpc) is 3.49. The second-order valence-electron chi connectivity index (χ2n) is 12.4. The Bertz CT molecular complexity index is 1790. The zero-order chi connectivity index (χ0) is 33.8. The van der Waals surface area contributed by atoms with Crippen LogP contribution >= 0.6 is 23.2 Å². The van der Waals surface area contributed by atoms with E-state index in [1.54, 1.807) is 26.6 Å². The molecule has 1 aliphatic carbocycles. The van der Waals surface area contributed by atoms with Crippen molar-refractivity contribution in [2.75, 3.05) is 34.4 Å². The van der Waals surface area contributed by atoms with E-state index in [0.29, 0.717) is 82.0 Å². The van der Waals surface area contributed by atoms with E-state index in [1.807, 2.05) is 43.4 Å². The smallest absolute Gasteiger partial charge is 0.237 e. The molecule has 1 saturated heterocycles. The summed E-state index contributed by atoms with van der Waals surface area (Å²) < 4.78 is 11.2. The van der Waals surface area contributed by atoms with E-state index in [4.69, 9.17) is 47.6 Å². The molecule has 2 aromatic carbocycles. The molecule has 4 aromatic rings. The topological polar surface area (TPSA) is 135 Å². The number of ether oxygens (including phenoxy) is 2. The highest BCUT2D eigenvalue weighted by atomic mass is 35.5. The largest absolute Gasteiger partial charge is 0.480 e. The summed E-state index contributed by atoms with van der Waals surface area (Å²) in [5.41, 5.74) is 5.35. The fourth-order valence-corrected chi connectivity index (χ4v) is 6.94. The molecule has 252 valence electrons. The maximum atomic E-state index is 11.5. The molecule has 2 aliphatic rings. The maximum absolute atomic E-state index is 11.5. The molecule has 0 spiro atoms. The highest BCUT2D eigenvalue weighted by Gasteiger charge is 2.28. The number of amides is 1. The zero-order valence-corrected chi connectivity index (χ0v) is 28.7. The van der Waals surface area contributed by atoms with E-state index in [2.05, 4.69) is 20.5 Å². The number of nitrogens with one attached hydrogen (secondary N) is 2. The normalized spacial score (nSPS) is 18.9. The van der Waals surface area contributed by atoms with E-state index < -0.39 is 0 Å². The molecule has 0 unspecified atom stereocenters. The summed E-state index contributed by atoms with van der Waals surface area (Å²) in [5.74, 6) is 1.40. The van der Waals surface area contributed by atoms with Gasteiger partial charge in [-0.15, -0.1) is 0 Å². The maximum Gasteiger partial charge on any atom is 0.237 e. The summed E-state index contributed by atoms with van der Waals surface area (Å²) >= 11 is 14.1. The lowest BCUT2D eigenvalue weighted by atomic mass is 9.82. The first-order valence-corrected chi connectivity index (χ1v) is 16.7. The van der Waals surface area contributed by atoms with Crippen LogP contribution in [0.15, 0.2) is 48.8 Å². The van der Waals surface area contributed by atoms with Crippen LogP contribution < -0.4 is 20.1 Å². The molecular formula is C35H39Cl2N7O4. The summed E-state index contributed by atoms with van der Waals surface area (Å²) in [6.45, 7) is 2.53. The molecule has 2 fully saturated rings. The molecule has 1 amide bonds. The molecule has 0 bridgehead atoms. The van der Waals surface area contributed by atoms with Gasteiger partial charge in [0.2, 0.25) is 17.7 Å². The van der Waals surface area contributed by atoms with Gasteiger partial charge in [-0.25, -0.2) is 9.97 Å². The van der Waals surface area contributed by atoms with Crippen molar-refractivity contribution in [3.8, 4) is 45.4 Å². The fourth-order valence-electron chi connectivity index (χ4n) is 6.29. The molecule has 11 nitrogen and oxygen atoms in total. The number of hydrogen-bond donors (Lipinski definition) is 3. The van der Waals surface area contributed by atoms with Gasteiger partial charge in [-0.2, -0.15) is 0 Å². The highest BCUT2D eigenvalue weighted by molar-refractivity contribution is 6.39. The third-order valence-corrected chi connectivity index (χ3v) is 9.63. The van der Waals surface area contributed by atoms with E-state index in [0.717, 1.165) is 42.6 Å². The first-order chi connectivity index (χ1) is 23.2. The Morgan fingerprint density at radius 3 is 2.02 bits per heavy atom. The first kappa shape index (κ1) is 34.0. The van der Waals surface area contributed by atoms with Crippen LogP contribution in [0.3, 0.4) is 0 Å². The number of rotatable bonds is 13. The van der Waals surface area contributed by atoms with Crippen LogP contribution in [0.25, 0.3) is 33.6 Å². The van der Waals surface area contributed by atoms with Crippen LogP contribution in [0, 0.1) is 5.92 Å². The van der Waals surface area contributed by atoms with Gasteiger partial charge in [0.25, 0.3) is 0 Å². The van der Waals surface area contributed by atoms with Crippen molar-refractivity contribution in [3.63, 3.8) is 0 Å². The summed E-state index contributed by atoms with van der Waals surface area (Å²) in [6, 6.07) is 11.5. The van der Waals surface area contributed by atoms with Gasteiger partial charge in [-0.3, -0.25) is 14.8 Å². The Labute approximate surface area is 290 Å². The lowest BCUT2D eigenvalue weighted by Crippen LogP contribution is -2.37. The average molecular weight is 693 g/mol. The van der Waals surface area contributed by atoms with Crippen LogP contribution in [-0.2, 0) is 17.9 Å². The molecule has 1 saturated carbocycles. The standard InChI is InChI=1S/C35H39Cl2N7O4/c1-44(18-20-12-22(45)13-20)19-30-35(48-3)43-28(17-40-30)26-9-5-7-24(33(26)37)23-6-4-8-25(32(23)36)27-16-39-29(34(42-27)47-2)15-38-14-21-10-11-31(46)41-21/h4-9,16-17,20-22,38,45H,10-15,18-19H2,1-3H3,(H,41,46)/t20?,21-,22?/m0/s1. The molecule has 1 aliphatic heterocycles.